The Kier molecular flexibility index (Phi) is 4.54. The Balaban J connectivity index is 2.22. The minimum Gasteiger partial charge on any atom is -0.332 e. The second-order valence-electron chi connectivity index (χ2n) is 4.51. The highest BCUT2D eigenvalue weighted by Crippen LogP contribution is 2.23. The van der Waals surface area contributed by atoms with Crippen LogP contribution in [0.1, 0.15) is 41.4 Å². The number of carbonyl (C=O) groups is 1. The molecule has 1 unspecified atom stereocenters. The van der Waals surface area contributed by atoms with Gasteiger partial charge >= 0.3 is 0 Å². The van der Waals surface area contributed by atoms with Crippen molar-refractivity contribution in [2.45, 2.75) is 19.9 Å². The van der Waals surface area contributed by atoms with Gasteiger partial charge in [0.15, 0.2) is 0 Å². The third-order valence-corrected chi connectivity index (χ3v) is 4.04. The summed E-state index contributed by atoms with van der Waals surface area (Å²) >= 11 is 1.52. The number of thiophene rings is 1. The smallest absolute Gasteiger partial charge is 0.255 e. The molecule has 4 heteroatoms. The quantitative estimate of drug-likeness (QED) is 0.856. The van der Waals surface area contributed by atoms with Gasteiger partial charge in [0.05, 0.1) is 23.2 Å². The number of carbonyl (C=O) groups excluding carboxylic acids is 1. The van der Waals surface area contributed by atoms with Gasteiger partial charge in [0.25, 0.3) is 5.91 Å². The average molecular weight is 284 g/mol. The summed E-state index contributed by atoms with van der Waals surface area (Å²) in [5, 5.41) is 12.6. The van der Waals surface area contributed by atoms with Crippen LogP contribution in [0, 0.1) is 11.3 Å². The third-order valence-electron chi connectivity index (χ3n) is 3.36. The summed E-state index contributed by atoms with van der Waals surface area (Å²) in [4.78, 5) is 14.3. The second-order valence-corrected chi connectivity index (χ2v) is 5.29. The zero-order chi connectivity index (χ0) is 14.5. The molecule has 102 valence electrons. The van der Waals surface area contributed by atoms with Crippen LogP contribution in [0.4, 0.5) is 0 Å². The van der Waals surface area contributed by atoms with Crippen molar-refractivity contribution in [2.75, 3.05) is 6.54 Å². The Bertz CT molecular complexity index is 611. The minimum absolute atomic E-state index is 0.0138. The number of nitrogens with zero attached hydrogens (tertiary/aromatic N) is 2. The average Bonchev–Trinajstić information content (AvgIpc) is 3.02. The van der Waals surface area contributed by atoms with Gasteiger partial charge in [0, 0.05) is 11.9 Å². The van der Waals surface area contributed by atoms with Crippen LogP contribution < -0.4 is 0 Å². The first kappa shape index (κ1) is 14.3. The molecule has 0 aliphatic carbocycles. The summed E-state index contributed by atoms with van der Waals surface area (Å²) in [7, 11) is 0. The fourth-order valence-corrected chi connectivity index (χ4v) is 2.79. The van der Waals surface area contributed by atoms with Gasteiger partial charge in [-0.3, -0.25) is 4.79 Å². The lowest BCUT2D eigenvalue weighted by molar-refractivity contribution is 0.0703. The zero-order valence-corrected chi connectivity index (χ0v) is 12.4. The molecule has 3 nitrogen and oxygen atoms in total. The molecule has 0 spiro atoms. The Morgan fingerprint density at radius 2 is 2.05 bits per heavy atom. The predicted molar refractivity (Wildman–Crippen MR) is 80.6 cm³/mol. The lowest BCUT2D eigenvalue weighted by atomic mass is 10.0. The third kappa shape index (κ3) is 2.89. The number of nitriles is 1. The molecule has 0 radical (unpaired) electrons. The topological polar surface area (TPSA) is 44.1 Å². The van der Waals surface area contributed by atoms with Gasteiger partial charge in [0.1, 0.15) is 0 Å². The molecule has 1 aromatic heterocycles. The van der Waals surface area contributed by atoms with E-state index in [0.29, 0.717) is 12.1 Å². The lowest BCUT2D eigenvalue weighted by Gasteiger charge is -2.28. The maximum Gasteiger partial charge on any atom is 0.255 e. The van der Waals surface area contributed by atoms with E-state index >= 15 is 0 Å². The van der Waals surface area contributed by atoms with Gasteiger partial charge < -0.3 is 4.90 Å². The van der Waals surface area contributed by atoms with Crippen LogP contribution in [0.25, 0.3) is 0 Å². The summed E-state index contributed by atoms with van der Waals surface area (Å²) in [6, 6.07) is 11.3. The Hall–Kier alpha value is -2.12. The standard InChI is InChI=1S/C16H16N2OS/c1-3-18(16(19)15-8-9-20-11-15)12(2)14-6-4-13(10-17)5-7-14/h4-9,11-12H,3H2,1-2H3. The van der Waals surface area contributed by atoms with Crippen LogP contribution in [0.2, 0.25) is 0 Å². The van der Waals surface area contributed by atoms with Crippen LogP contribution in [0.5, 0.6) is 0 Å². The highest BCUT2D eigenvalue weighted by Gasteiger charge is 2.21. The van der Waals surface area contributed by atoms with Gasteiger partial charge in [0.2, 0.25) is 0 Å². The monoisotopic (exact) mass is 284 g/mol. The van der Waals surface area contributed by atoms with E-state index in [1.54, 1.807) is 12.1 Å². The SMILES string of the molecule is CCN(C(=O)c1ccsc1)C(C)c1ccc(C#N)cc1. The van der Waals surface area contributed by atoms with Gasteiger partial charge in [-0.2, -0.15) is 16.6 Å². The Labute approximate surface area is 123 Å². The van der Waals surface area contributed by atoms with Gasteiger partial charge in [-0.25, -0.2) is 0 Å². The molecule has 0 saturated heterocycles. The van der Waals surface area contributed by atoms with E-state index in [-0.39, 0.29) is 11.9 Å². The Morgan fingerprint density at radius 3 is 2.55 bits per heavy atom. The first-order valence-corrected chi connectivity index (χ1v) is 7.45. The van der Waals surface area contributed by atoms with E-state index in [2.05, 4.69) is 6.07 Å². The molecule has 2 rings (SSSR count). The minimum atomic E-state index is -0.0138. The van der Waals surface area contributed by atoms with E-state index < -0.39 is 0 Å². The largest absolute Gasteiger partial charge is 0.332 e. The maximum absolute atomic E-state index is 12.5. The zero-order valence-electron chi connectivity index (χ0n) is 11.5. The summed E-state index contributed by atoms with van der Waals surface area (Å²) in [5.41, 5.74) is 2.40. The molecule has 0 aliphatic rings. The molecule has 1 aromatic carbocycles. The molecule has 20 heavy (non-hydrogen) atoms. The number of hydrogen-bond donors (Lipinski definition) is 0. The number of benzene rings is 1. The van der Waals surface area contributed by atoms with E-state index in [4.69, 9.17) is 5.26 Å². The van der Waals surface area contributed by atoms with Crippen molar-refractivity contribution in [1.29, 1.82) is 5.26 Å². The van der Waals surface area contributed by atoms with Gasteiger partial charge in [-0.05, 0) is 43.0 Å². The molecule has 0 fully saturated rings. The number of amides is 1. The van der Waals surface area contributed by atoms with Gasteiger partial charge in [-0.15, -0.1) is 0 Å². The van der Waals surface area contributed by atoms with Crippen LogP contribution in [0.3, 0.4) is 0 Å². The van der Waals surface area contributed by atoms with Crippen molar-refractivity contribution in [1.82, 2.24) is 4.90 Å². The highest BCUT2D eigenvalue weighted by molar-refractivity contribution is 7.08. The maximum atomic E-state index is 12.5. The van der Waals surface area contributed by atoms with Crippen molar-refractivity contribution in [2.24, 2.45) is 0 Å². The summed E-state index contributed by atoms with van der Waals surface area (Å²) in [6.07, 6.45) is 0. The van der Waals surface area contributed by atoms with E-state index in [1.807, 2.05) is 47.7 Å². The molecular weight excluding hydrogens is 268 g/mol. The molecule has 1 amide bonds. The lowest BCUT2D eigenvalue weighted by Crippen LogP contribution is -2.33. The van der Waals surface area contributed by atoms with Gasteiger partial charge in [-0.1, -0.05) is 12.1 Å². The van der Waals surface area contributed by atoms with Crippen molar-refractivity contribution < 1.29 is 4.79 Å². The first-order chi connectivity index (χ1) is 9.67. The summed E-state index contributed by atoms with van der Waals surface area (Å²) < 4.78 is 0. The first-order valence-electron chi connectivity index (χ1n) is 6.50. The normalized spacial score (nSPS) is 11.7. The fraction of sp³-hybridized carbons (Fsp3) is 0.250. The second kappa shape index (κ2) is 6.36. The van der Waals surface area contributed by atoms with Crippen molar-refractivity contribution >= 4 is 17.2 Å². The molecule has 2 aromatic rings. The number of rotatable bonds is 4. The van der Waals surface area contributed by atoms with Crippen molar-refractivity contribution in [3.05, 3.63) is 57.8 Å². The van der Waals surface area contributed by atoms with E-state index in [0.717, 1.165) is 11.1 Å². The van der Waals surface area contributed by atoms with E-state index in [1.165, 1.54) is 11.3 Å². The molecule has 0 saturated carbocycles. The van der Waals surface area contributed by atoms with Crippen LogP contribution in [-0.2, 0) is 0 Å². The molecule has 0 bridgehead atoms. The number of hydrogen-bond acceptors (Lipinski definition) is 3. The molecule has 1 atom stereocenters. The molecule has 0 N–H and O–H groups in total. The summed E-state index contributed by atoms with van der Waals surface area (Å²) in [5.74, 6) is 0.0469. The Morgan fingerprint density at radius 1 is 1.35 bits per heavy atom. The van der Waals surface area contributed by atoms with Crippen molar-refractivity contribution in [3.8, 4) is 6.07 Å². The molecular formula is C16H16N2OS. The fourth-order valence-electron chi connectivity index (χ4n) is 2.16. The summed E-state index contributed by atoms with van der Waals surface area (Å²) in [6.45, 7) is 4.63. The van der Waals surface area contributed by atoms with Crippen LogP contribution >= 0.6 is 11.3 Å². The predicted octanol–water partition coefficient (Wildman–Crippen LogP) is 3.84. The van der Waals surface area contributed by atoms with Crippen LogP contribution in [-0.4, -0.2) is 17.4 Å². The van der Waals surface area contributed by atoms with Crippen molar-refractivity contribution in [3.63, 3.8) is 0 Å². The van der Waals surface area contributed by atoms with E-state index in [9.17, 15) is 4.79 Å². The van der Waals surface area contributed by atoms with Crippen LogP contribution in [0.15, 0.2) is 41.1 Å². The highest BCUT2D eigenvalue weighted by atomic mass is 32.1. The molecule has 1 heterocycles. The molecule has 0 aliphatic heterocycles.